The fourth-order valence-corrected chi connectivity index (χ4v) is 3.41. The third-order valence-electron chi connectivity index (χ3n) is 4.77. The number of halogens is 1. The smallest absolute Gasteiger partial charge is 0.162 e. The Labute approximate surface area is 152 Å². The Morgan fingerprint density at radius 3 is 2.46 bits per heavy atom. The molecule has 1 aromatic carbocycles. The third kappa shape index (κ3) is 3.72. The van der Waals surface area contributed by atoms with E-state index in [0.29, 0.717) is 23.1 Å². The van der Waals surface area contributed by atoms with Crippen LogP contribution in [0, 0.1) is 5.82 Å². The molecule has 0 bridgehead atoms. The molecule has 4 rings (SSSR count). The Kier molecular flexibility index (Phi) is 4.86. The number of nitrogens with one attached hydrogen (secondary N) is 1. The molecule has 4 nitrogen and oxygen atoms in total. The van der Waals surface area contributed by atoms with Gasteiger partial charge in [-0.1, -0.05) is 31.4 Å². The van der Waals surface area contributed by atoms with Gasteiger partial charge >= 0.3 is 0 Å². The summed E-state index contributed by atoms with van der Waals surface area (Å²) in [5.74, 6) is 1.04. The van der Waals surface area contributed by atoms with Crippen LogP contribution in [0.25, 0.3) is 22.6 Å². The molecule has 1 saturated carbocycles. The van der Waals surface area contributed by atoms with Crippen molar-refractivity contribution < 1.29 is 4.39 Å². The number of rotatable bonds is 4. The van der Waals surface area contributed by atoms with Gasteiger partial charge in [-0.3, -0.25) is 4.98 Å². The van der Waals surface area contributed by atoms with Crippen LogP contribution in [0.3, 0.4) is 0 Å². The summed E-state index contributed by atoms with van der Waals surface area (Å²) in [5, 5.41) is 3.53. The first-order chi connectivity index (χ1) is 12.8. The normalized spacial score (nSPS) is 15.0. The molecule has 5 heteroatoms. The molecule has 0 amide bonds. The fourth-order valence-electron chi connectivity index (χ4n) is 3.41. The van der Waals surface area contributed by atoms with E-state index in [1.54, 1.807) is 24.5 Å². The van der Waals surface area contributed by atoms with Gasteiger partial charge in [-0.15, -0.1) is 0 Å². The highest BCUT2D eigenvalue weighted by Crippen LogP contribution is 2.28. The van der Waals surface area contributed by atoms with Crippen LogP contribution in [-0.2, 0) is 0 Å². The van der Waals surface area contributed by atoms with Gasteiger partial charge in [-0.25, -0.2) is 14.4 Å². The van der Waals surface area contributed by atoms with E-state index in [0.717, 1.165) is 24.2 Å². The first-order valence-electron chi connectivity index (χ1n) is 9.10. The van der Waals surface area contributed by atoms with Crippen LogP contribution >= 0.6 is 0 Å². The maximum atomic E-state index is 14.3. The molecule has 0 aliphatic heterocycles. The molecule has 1 N–H and O–H groups in total. The van der Waals surface area contributed by atoms with Crippen molar-refractivity contribution >= 4 is 5.82 Å². The molecular weight excluding hydrogens is 327 g/mol. The van der Waals surface area contributed by atoms with Crippen molar-refractivity contribution in [1.82, 2.24) is 15.0 Å². The van der Waals surface area contributed by atoms with Crippen LogP contribution in [0.15, 0.2) is 54.9 Å². The molecule has 0 spiro atoms. The van der Waals surface area contributed by atoms with E-state index in [4.69, 9.17) is 0 Å². The van der Waals surface area contributed by atoms with Crippen molar-refractivity contribution in [1.29, 1.82) is 0 Å². The second kappa shape index (κ2) is 7.60. The van der Waals surface area contributed by atoms with E-state index in [9.17, 15) is 4.39 Å². The molecule has 3 aromatic rings. The topological polar surface area (TPSA) is 50.7 Å². The standard InChI is InChI=1S/C21H21FN4/c22-18-9-5-4-8-17(18)19-14-20(24-16-6-2-1-3-7-16)26-21(25-19)15-10-12-23-13-11-15/h4-5,8-14,16H,1-3,6-7H2,(H,24,25,26). The van der Waals surface area contributed by atoms with Crippen LogP contribution in [0.2, 0.25) is 0 Å². The highest BCUT2D eigenvalue weighted by atomic mass is 19.1. The lowest BCUT2D eigenvalue weighted by Crippen LogP contribution is -2.23. The summed E-state index contributed by atoms with van der Waals surface area (Å²) in [6, 6.07) is 12.7. The van der Waals surface area contributed by atoms with Crippen LogP contribution in [0.4, 0.5) is 10.2 Å². The van der Waals surface area contributed by atoms with E-state index >= 15 is 0 Å². The van der Waals surface area contributed by atoms with Crippen molar-refractivity contribution in [3.63, 3.8) is 0 Å². The Morgan fingerprint density at radius 2 is 1.69 bits per heavy atom. The molecule has 132 valence electrons. The number of benzene rings is 1. The molecule has 0 atom stereocenters. The maximum Gasteiger partial charge on any atom is 0.162 e. The zero-order chi connectivity index (χ0) is 17.8. The lowest BCUT2D eigenvalue weighted by molar-refractivity contribution is 0.462. The lowest BCUT2D eigenvalue weighted by Gasteiger charge is -2.23. The highest BCUT2D eigenvalue weighted by Gasteiger charge is 2.16. The van der Waals surface area contributed by atoms with Gasteiger partial charge in [0.1, 0.15) is 11.6 Å². The Bertz CT molecular complexity index is 876. The van der Waals surface area contributed by atoms with Gasteiger partial charge in [-0.2, -0.15) is 0 Å². The molecule has 2 aromatic heterocycles. The number of aromatic nitrogens is 3. The van der Waals surface area contributed by atoms with Crippen LogP contribution in [0.5, 0.6) is 0 Å². The van der Waals surface area contributed by atoms with Crippen LogP contribution in [-0.4, -0.2) is 21.0 Å². The number of hydrogen-bond acceptors (Lipinski definition) is 4. The van der Waals surface area contributed by atoms with Gasteiger partial charge in [0.2, 0.25) is 0 Å². The van der Waals surface area contributed by atoms with Crippen molar-refractivity contribution in [3.05, 3.63) is 60.7 Å². The quantitative estimate of drug-likeness (QED) is 0.713. The van der Waals surface area contributed by atoms with E-state index in [-0.39, 0.29) is 5.82 Å². The number of anilines is 1. The highest BCUT2D eigenvalue weighted by molar-refractivity contribution is 5.67. The maximum absolute atomic E-state index is 14.3. The van der Waals surface area contributed by atoms with Gasteiger partial charge in [-0.05, 0) is 37.1 Å². The predicted octanol–water partition coefficient (Wildman–Crippen LogP) is 5.09. The molecule has 0 unspecified atom stereocenters. The molecule has 0 radical (unpaired) electrons. The number of nitrogens with zero attached hydrogens (tertiary/aromatic N) is 3. The Hall–Kier alpha value is -2.82. The molecule has 1 fully saturated rings. The average molecular weight is 348 g/mol. The lowest BCUT2D eigenvalue weighted by atomic mass is 9.95. The summed E-state index contributed by atoms with van der Waals surface area (Å²) in [6.07, 6.45) is 9.48. The first-order valence-corrected chi connectivity index (χ1v) is 9.10. The fraction of sp³-hybridized carbons (Fsp3) is 0.286. The summed E-state index contributed by atoms with van der Waals surface area (Å²) in [6.45, 7) is 0. The minimum Gasteiger partial charge on any atom is -0.367 e. The molecule has 1 aliphatic carbocycles. The van der Waals surface area contributed by atoms with Gasteiger partial charge in [0.15, 0.2) is 5.82 Å². The summed E-state index contributed by atoms with van der Waals surface area (Å²) < 4.78 is 14.3. The van der Waals surface area contributed by atoms with Gasteiger partial charge in [0.25, 0.3) is 0 Å². The third-order valence-corrected chi connectivity index (χ3v) is 4.77. The molecule has 2 heterocycles. The van der Waals surface area contributed by atoms with Crippen molar-refractivity contribution in [2.24, 2.45) is 0 Å². The monoisotopic (exact) mass is 348 g/mol. The van der Waals surface area contributed by atoms with E-state index in [1.807, 2.05) is 24.3 Å². The second-order valence-electron chi connectivity index (χ2n) is 6.66. The van der Waals surface area contributed by atoms with Crippen molar-refractivity contribution in [2.75, 3.05) is 5.32 Å². The summed E-state index contributed by atoms with van der Waals surface area (Å²) in [7, 11) is 0. The Morgan fingerprint density at radius 1 is 0.923 bits per heavy atom. The SMILES string of the molecule is Fc1ccccc1-c1cc(NC2CCCCC2)nc(-c2ccncc2)n1. The number of hydrogen-bond donors (Lipinski definition) is 1. The van der Waals surface area contributed by atoms with Crippen molar-refractivity contribution in [3.8, 4) is 22.6 Å². The van der Waals surface area contributed by atoms with Crippen LogP contribution < -0.4 is 5.32 Å². The zero-order valence-electron chi connectivity index (χ0n) is 14.5. The van der Waals surface area contributed by atoms with Gasteiger partial charge in [0.05, 0.1) is 5.69 Å². The summed E-state index contributed by atoms with van der Waals surface area (Å²) in [5.41, 5.74) is 1.94. The molecule has 0 saturated heterocycles. The van der Waals surface area contributed by atoms with Crippen LogP contribution in [0.1, 0.15) is 32.1 Å². The molecular formula is C21H21FN4. The van der Waals surface area contributed by atoms with Gasteiger partial charge in [0, 0.05) is 35.6 Å². The minimum atomic E-state index is -0.282. The van der Waals surface area contributed by atoms with E-state index in [1.165, 1.54) is 25.3 Å². The first kappa shape index (κ1) is 16.6. The van der Waals surface area contributed by atoms with Crippen molar-refractivity contribution in [2.45, 2.75) is 38.1 Å². The van der Waals surface area contributed by atoms with E-state index in [2.05, 4.69) is 20.3 Å². The minimum absolute atomic E-state index is 0.282. The average Bonchev–Trinajstić information content (AvgIpc) is 2.69. The summed E-state index contributed by atoms with van der Waals surface area (Å²) >= 11 is 0. The zero-order valence-corrected chi connectivity index (χ0v) is 14.5. The van der Waals surface area contributed by atoms with Gasteiger partial charge < -0.3 is 5.32 Å². The number of pyridine rings is 1. The molecule has 1 aliphatic rings. The Balaban J connectivity index is 1.75. The second-order valence-corrected chi connectivity index (χ2v) is 6.66. The van der Waals surface area contributed by atoms with E-state index < -0.39 is 0 Å². The largest absolute Gasteiger partial charge is 0.367 e. The summed E-state index contributed by atoms with van der Waals surface area (Å²) in [4.78, 5) is 13.3. The molecule has 26 heavy (non-hydrogen) atoms. The predicted molar refractivity (Wildman–Crippen MR) is 101 cm³/mol.